The Morgan fingerprint density at radius 2 is 2.33 bits per heavy atom. The largest absolute Gasteiger partial charge is 0.481 e. The van der Waals surface area contributed by atoms with E-state index >= 15 is 0 Å². The van der Waals surface area contributed by atoms with E-state index < -0.39 is 5.97 Å². The zero-order chi connectivity index (χ0) is 13.1. The molecule has 0 aromatic carbocycles. The fourth-order valence-electron chi connectivity index (χ4n) is 2.99. The standard InChI is InChI=1S/C13H21N3O2/c1-3-16-12(14-8-15-16)7-10-6-9(2)4-5-11(10)13(17)18/h8-11H,3-7H2,1-2H3,(H,17,18). The third-order valence-electron chi connectivity index (χ3n) is 4.00. The van der Waals surface area contributed by atoms with Crippen LogP contribution >= 0.6 is 0 Å². The Kier molecular flexibility index (Phi) is 3.99. The van der Waals surface area contributed by atoms with Crippen LogP contribution in [0.25, 0.3) is 0 Å². The Bertz CT molecular complexity index is 416. The van der Waals surface area contributed by atoms with Gasteiger partial charge in [-0.05, 0) is 38.0 Å². The molecule has 1 N–H and O–H groups in total. The van der Waals surface area contributed by atoms with Gasteiger partial charge < -0.3 is 5.11 Å². The predicted octanol–water partition coefficient (Wildman–Crippen LogP) is 1.98. The molecule has 1 heterocycles. The molecule has 3 unspecified atom stereocenters. The number of carboxylic acid groups (broad SMARTS) is 1. The van der Waals surface area contributed by atoms with Gasteiger partial charge in [0.25, 0.3) is 0 Å². The van der Waals surface area contributed by atoms with Crippen LogP contribution in [-0.4, -0.2) is 25.8 Å². The highest BCUT2D eigenvalue weighted by Gasteiger charge is 2.34. The van der Waals surface area contributed by atoms with Crippen LogP contribution in [-0.2, 0) is 17.8 Å². The molecule has 0 bridgehead atoms. The first-order chi connectivity index (χ1) is 8.61. The zero-order valence-corrected chi connectivity index (χ0v) is 11.0. The summed E-state index contributed by atoms with van der Waals surface area (Å²) in [5.74, 6) is 0.852. The van der Waals surface area contributed by atoms with E-state index in [1.807, 2.05) is 11.6 Å². The highest BCUT2D eigenvalue weighted by atomic mass is 16.4. The molecule has 5 nitrogen and oxygen atoms in total. The minimum absolute atomic E-state index is 0.195. The first-order valence-corrected chi connectivity index (χ1v) is 6.71. The molecular weight excluding hydrogens is 230 g/mol. The lowest BCUT2D eigenvalue weighted by atomic mass is 9.73. The lowest BCUT2D eigenvalue weighted by Crippen LogP contribution is -2.32. The third kappa shape index (κ3) is 2.71. The predicted molar refractivity (Wildman–Crippen MR) is 67.0 cm³/mol. The van der Waals surface area contributed by atoms with Gasteiger partial charge in [-0.25, -0.2) is 4.98 Å². The van der Waals surface area contributed by atoms with Gasteiger partial charge in [0.2, 0.25) is 0 Å². The highest BCUT2D eigenvalue weighted by molar-refractivity contribution is 5.70. The number of carboxylic acids is 1. The lowest BCUT2D eigenvalue weighted by molar-refractivity contribution is -0.145. The van der Waals surface area contributed by atoms with Crippen LogP contribution in [0.4, 0.5) is 0 Å². The van der Waals surface area contributed by atoms with Gasteiger partial charge in [-0.3, -0.25) is 9.48 Å². The molecule has 5 heteroatoms. The van der Waals surface area contributed by atoms with E-state index in [1.54, 1.807) is 6.33 Å². The summed E-state index contributed by atoms with van der Waals surface area (Å²) in [6, 6.07) is 0. The van der Waals surface area contributed by atoms with Crippen molar-refractivity contribution in [2.24, 2.45) is 17.8 Å². The molecule has 100 valence electrons. The van der Waals surface area contributed by atoms with Crippen LogP contribution in [0.3, 0.4) is 0 Å². The molecule has 18 heavy (non-hydrogen) atoms. The highest BCUT2D eigenvalue weighted by Crippen LogP contribution is 2.35. The van der Waals surface area contributed by atoms with Crippen LogP contribution in [0.1, 0.15) is 38.9 Å². The van der Waals surface area contributed by atoms with Gasteiger partial charge in [0.15, 0.2) is 0 Å². The van der Waals surface area contributed by atoms with Crippen LogP contribution in [0.15, 0.2) is 6.33 Å². The number of aliphatic carboxylic acids is 1. The van der Waals surface area contributed by atoms with E-state index in [4.69, 9.17) is 0 Å². The van der Waals surface area contributed by atoms with Crippen molar-refractivity contribution in [1.82, 2.24) is 14.8 Å². The summed E-state index contributed by atoms with van der Waals surface area (Å²) in [7, 11) is 0. The Labute approximate surface area is 107 Å². The van der Waals surface area contributed by atoms with Crippen molar-refractivity contribution in [3.05, 3.63) is 12.2 Å². The van der Waals surface area contributed by atoms with E-state index in [1.165, 1.54) is 0 Å². The fourth-order valence-corrected chi connectivity index (χ4v) is 2.99. The Morgan fingerprint density at radius 3 is 3.00 bits per heavy atom. The maximum absolute atomic E-state index is 11.3. The second-order valence-electron chi connectivity index (χ2n) is 5.32. The van der Waals surface area contributed by atoms with E-state index in [0.717, 1.165) is 38.1 Å². The van der Waals surface area contributed by atoms with Gasteiger partial charge in [0.1, 0.15) is 12.2 Å². The Balaban J connectivity index is 2.11. The van der Waals surface area contributed by atoms with Crippen LogP contribution in [0, 0.1) is 17.8 Å². The quantitative estimate of drug-likeness (QED) is 0.888. The summed E-state index contributed by atoms with van der Waals surface area (Å²) >= 11 is 0. The van der Waals surface area contributed by atoms with E-state index in [-0.39, 0.29) is 11.8 Å². The van der Waals surface area contributed by atoms with Crippen molar-refractivity contribution in [3.8, 4) is 0 Å². The summed E-state index contributed by atoms with van der Waals surface area (Å²) < 4.78 is 1.86. The smallest absolute Gasteiger partial charge is 0.306 e. The number of nitrogens with zero attached hydrogens (tertiary/aromatic N) is 3. The Hall–Kier alpha value is -1.39. The number of rotatable bonds is 4. The summed E-state index contributed by atoms with van der Waals surface area (Å²) in [6.07, 6.45) is 5.08. The minimum atomic E-state index is -0.658. The molecule has 0 amide bonds. The average Bonchev–Trinajstić information content (AvgIpc) is 2.76. The molecule has 2 rings (SSSR count). The van der Waals surface area contributed by atoms with Crippen molar-refractivity contribution >= 4 is 5.97 Å². The molecule has 0 spiro atoms. The second-order valence-corrected chi connectivity index (χ2v) is 5.32. The summed E-state index contributed by atoms with van der Waals surface area (Å²) in [5.41, 5.74) is 0. The molecule has 1 aromatic rings. The number of hydrogen-bond acceptors (Lipinski definition) is 3. The lowest BCUT2D eigenvalue weighted by Gasteiger charge is -2.32. The van der Waals surface area contributed by atoms with Gasteiger partial charge in [-0.2, -0.15) is 5.10 Å². The first kappa shape index (κ1) is 13.1. The van der Waals surface area contributed by atoms with Crippen molar-refractivity contribution in [1.29, 1.82) is 0 Å². The molecule has 0 radical (unpaired) electrons. The van der Waals surface area contributed by atoms with Crippen molar-refractivity contribution < 1.29 is 9.90 Å². The van der Waals surface area contributed by atoms with E-state index in [0.29, 0.717) is 5.92 Å². The van der Waals surface area contributed by atoms with Crippen LogP contribution in [0.5, 0.6) is 0 Å². The second kappa shape index (κ2) is 5.50. The monoisotopic (exact) mass is 251 g/mol. The van der Waals surface area contributed by atoms with Crippen LogP contribution < -0.4 is 0 Å². The Morgan fingerprint density at radius 1 is 1.56 bits per heavy atom. The molecule has 0 saturated heterocycles. The number of carbonyl (C=O) groups is 1. The van der Waals surface area contributed by atoms with Gasteiger partial charge in [-0.15, -0.1) is 0 Å². The molecule has 1 aliphatic carbocycles. The number of aromatic nitrogens is 3. The maximum Gasteiger partial charge on any atom is 0.306 e. The van der Waals surface area contributed by atoms with Crippen molar-refractivity contribution in [3.63, 3.8) is 0 Å². The van der Waals surface area contributed by atoms with E-state index in [2.05, 4.69) is 17.0 Å². The van der Waals surface area contributed by atoms with Gasteiger partial charge in [0.05, 0.1) is 5.92 Å². The zero-order valence-electron chi connectivity index (χ0n) is 11.0. The van der Waals surface area contributed by atoms with Gasteiger partial charge in [-0.1, -0.05) is 6.92 Å². The molecule has 1 saturated carbocycles. The minimum Gasteiger partial charge on any atom is -0.481 e. The summed E-state index contributed by atoms with van der Waals surface area (Å²) in [5, 5.41) is 13.5. The topological polar surface area (TPSA) is 68.0 Å². The average molecular weight is 251 g/mol. The molecule has 0 aliphatic heterocycles. The van der Waals surface area contributed by atoms with Crippen LogP contribution in [0.2, 0.25) is 0 Å². The molecule has 3 atom stereocenters. The van der Waals surface area contributed by atoms with Gasteiger partial charge in [0, 0.05) is 13.0 Å². The summed E-state index contributed by atoms with van der Waals surface area (Å²) in [4.78, 5) is 15.6. The SMILES string of the molecule is CCn1ncnc1CC1CC(C)CCC1C(=O)O. The van der Waals surface area contributed by atoms with Gasteiger partial charge >= 0.3 is 5.97 Å². The summed E-state index contributed by atoms with van der Waals surface area (Å²) in [6.45, 7) is 5.02. The maximum atomic E-state index is 11.3. The molecule has 1 aromatic heterocycles. The number of aryl methyl sites for hydroxylation is 1. The van der Waals surface area contributed by atoms with E-state index in [9.17, 15) is 9.90 Å². The van der Waals surface area contributed by atoms with Crippen molar-refractivity contribution in [2.75, 3.05) is 0 Å². The normalized spacial score (nSPS) is 28.2. The molecule has 1 aliphatic rings. The first-order valence-electron chi connectivity index (χ1n) is 6.71. The third-order valence-corrected chi connectivity index (χ3v) is 4.00. The van der Waals surface area contributed by atoms with Crippen molar-refractivity contribution in [2.45, 2.75) is 46.1 Å². The number of hydrogen-bond donors (Lipinski definition) is 1. The molecular formula is C13H21N3O2. The fraction of sp³-hybridized carbons (Fsp3) is 0.769. The molecule has 1 fully saturated rings.